The molecule has 0 saturated carbocycles. The van der Waals surface area contributed by atoms with Crippen molar-refractivity contribution < 1.29 is 18.9 Å². The Labute approximate surface area is 104 Å². The van der Waals surface area contributed by atoms with Crippen molar-refractivity contribution in [2.45, 2.75) is 26.2 Å². The first kappa shape index (κ1) is 12.5. The summed E-state index contributed by atoms with van der Waals surface area (Å²) in [6.45, 7) is 4.44. The molecule has 0 amide bonds. The molecule has 3 heteroatoms. The maximum Gasteiger partial charge on any atom is 1.00 e. The van der Waals surface area contributed by atoms with Crippen LogP contribution in [-0.2, 0) is 0 Å². The minimum absolute atomic E-state index is 0. The molecular weight excluding hydrogens is 179 g/mol. The van der Waals surface area contributed by atoms with E-state index in [4.69, 9.17) is 5.73 Å². The van der Waals surface area contributed by atoms with Crippen LogP contribution in [0.1, 0.15) is 24.8 Å². The first-order valence-electron chi connectivity index (χ1n) is 5.34. The molecular formula is C12H17LiN2. The van der Waals surface area contributed by atoms with Gasteiger partial charge in [-0.2, -0.15) is 0 Å². The third-order valence-corrected chi connectivity index (χ3v) is 2.91. The van der Waals surface area contributed by atoms with E-state index in [0.717, 1.165) is 13.1 Å². The molecule has 2 rings (SSSR count). The number of anilines is 1. The zero-order valence-electron chi connectivity index (χ0n) is 9.71. The van der Waals surface area contributed by atoms with Crippen LogP contribution in [0.2, 0.25) is 0 Å². The van der Waals surface area contributed by atoms with Crippen molar-refractivity contribution in [3.05, 3.63) is 29.5 Å². The molecule has 0 unspecified atom stereocenters. The molecule has 0 radical (unpaired) electrons. The van der Waals surface area contributed by atoms with E-state index in [0.29, 0.717) is 5.69 Å². The van der Waals surface area contributed by atoms with Gasteiger partial charge in [-0.25, -0.2) is 0 Å². The van der Waals surface area contributed by atoms with Gasteiger partial charge in [0.15, 0.2) is 0 Å². The fourth-order valence-corrected chi connectivity index (χ4v) is 2.08. The molecule has 76 valence electrons. The Kier molecular flexibility index (Phi) is 4.57. The summed E-state index contributed by atoms with van der Waals surface area (Å²) in [5.41, 5.74) is 10.8. The number of nitrogens with zero attached hydrogens (tertiary/aromatic N) is 1. The van der Waals surface area contributed by atoms with Crippen molar-refractivity contribution >= 4 is 11.4 Å². The molecule has 0 spiro atoms. The Morgan fingerprint density at radius 2 is 1.80 bits per heavy atom. The fourth-order valence-electron chi connectivity index (χ4n) is 2.08. The van der Waals surface area contributed by atoms with E-state index in [1.807, 2.05) is 18.2 Å². The number of hydrogen-bond donors (Lipinski definition) is 0. The molecule has 1 aliphatic rings. The van der Waals surface area contributed by atoms with E-state index in [2.05, 4.69) is 11.8 Å². The molecule has 0 atom stereocenters. The van der Waals surface area contributed by atoms with Gasteiger partial charge in [0.05, 0.1) is 0 Å². The summed E-state index contributed by atoms with van der Waals surface area (Å²) in [6.07, 6.45) is 3.94. The molecule has 0 bridgehead atoms. The zero-order valence-corrected chi connectivity index (χ0v) is 9.71. The average Bonchev–Trinajstić information content (AvgIpc) is 2.23. The third kappa shape index (κ3) is 2.93. The van der Waals surface area contributed by atoms with Crippen LogP contribution >= 0.6 is 0 Å². The summed E-state index contributed by atoms with van der Waals surface area (Å²) in [5, 5.41) is 0. The predicted molar refractivity (Wildman–Crippen MR) is 61.2 cm³/mol. The van der Waals surface area contributed by atoms with Gasteiger partial charge in [-0.05, 0) is 31.7 Å². The third-order valence-electron chi connectivity index (χ3n) is 2.91. The summed E-state index contributed by atoms with van der Waals surface area (Å²) >= 11 is 0. The summed E-state index contributed by atoms with van der Waals surface area (Å²) in [5.74, 6) is 0. The van der Waals surface area contributed by atoms with Gasteiger partial charge < -0.3 is 10.6 Å². The molecule has 2 nitrogen and oxygen atoms in total. The summed E-state index contributed by atoms with van der Waals surface area (Å²) < 4.78 is 0. The maximum absolute atomic E-state index is 7.62. The minimum atomic E-state index is 0. The van der Waals surface area contributed by atoms with Crippen molar-refractivity contribution in [2.24, 2.45) is 0 Å². The van der Waals surface area contributed by atoms with Gasteiger partial charge >= 0.3 is 18.9 Å². The van der Waals surface area contributed by atoms with Crippen LogP contribution in [0.25, 0.3) is 5.73 Å². The Bertz CT molecular complexity index is 319. The Hall–Kier alpha value is -0.583. The second kappa shape index (κ2) is 5.49. The number of piperidine rings is 1. The number of hydrogen-bond acceptors (Lipinski definition) is 1. The van der Waals surface area contributed by atoms with Gasteiger partial charge in [0.25, 0.3) is 0 Å². The SMILES string of the molecule is Cc1ccc([NH-])cc1N1CCCCC1.[Li+]. The van der Waals surface area contributed by atoms with E-state index in [9.17, 15) is 0 Å². The summed E-state index contributed by atoms with van der Waals surface area (Å²) in [4.78, 5) is 2.41. The average molecular weight is 196 g/mol. The van der Waals surface area contributed by atoms with Crippen LogP contribution in [0, 0.1) is 6.92 Å². The molecule has 1 fully saturated rings. The van der Waals surface area contributed by atoms with Crippen molar-refractivity contribution in [3.63, 3.8) is 0 Å². The molecule has 0 aromatic heterocycles. The molecule has 1 N–H and O–H groups in total. The van der Waals surface area contributed by atoms with E-state index in [1.54, 1.807) is 0 Å². The molecule has 1 aromatic rings. The Balaban J connectivity index is 0.00000112. The molecule has 0 aliphatic carbocycles. The largest absolute Gasteiger partial charge is 1.00 e. The van der Waals surface area contributed by atoms with E-state index >= 15 is 0 Å². The van der Waals surface area contributed by atoms with Crippen molar-refractivity contribution in [3.8, 4) is 0 Å². The monoisotopic (exact) mass is 196 g/mol. The topological polar surface area (TPSA) is 27.0 Å². The van der Waals surface area contributed by atoms with Gasteiger partial charge in [-0.3, -0.25) is 0 Å². The second-order valence-corrected chi connectivity index (χ2v) is 4.05. The predicted octanol–water partition coefficient (Wildman–Crippen LogP) is 0.673. The molecule has 1 saturated heterocycles. The molecule has 1 aromatic carbocycles. The smallest absolute Gasteiger partial charge is 0.699 e. The molecule has 1 aliphatic heterocycles. The van der Waals surface area contributed by atoms with Gasteiger partial charge in [0, 0.05) is 18.8 Å². The molecule has 15 heavy (non-hydrogen) atoms. The van der Waals surface area contributed by atoms with Gasteiger partial charge in [0.2, 0.25) is 0 Å². The number of nitrogens with one attached hydrogen (secondary N) is 1. The fraction of sp³-hybridized carbons (Fsp3) is 0.500. The van der Waals surface area contributed by atoms with Crippen LogP contribution < -0.4 is 23.8 Å². The first-order chi connectivity index (χ1) is 6.77. The van der Waals surface area contributed by atoms with E-state index in [-0.39, 0.29) is 18.9 Å². The van der Waals surface area contributed by atoms with Crippen molar-refractivity contribution in [2.75, 3.05) is 18.0 Å². The Morgan fingerprint density at radius 3 is 2.47 bits per heavy atom. The van der Waals surface area contributed by atoms with Crippen LogP contribution in [-0.4, -0.2) is 13.1 Å². The minimum Gasteiger partial charge on any atom is -0.699 e. The normalized spacial score (nSPS) is 15.9. The van der Waals surface area contributed by atoms with Gasteiger partial charge in [0.1, 0.15) is 0 Å². The van der Waals surface area contributed by atoms with Crippen LogP contribution in [0.4, 0.5) is 11.4 Å². The van der Waals surface area contributed by atoms with E-state index in [1.165, 1.54) is 30.5 Å². The van der Waals surface area contributed by atoms with Crippen molar-refractivity contribution in [1.82, 2.24) is 0 Å². The molecule has 1 heterocycles. The van der Waals surface area contributed by atoms with E-state index < -0.39 is 0 Å². The van der Waals surface area contributed by atoms with Crippen LogP contribution in [0.5, 0.6) is 0 Å². The van der Waals surface area contributed by atoms with Crippen LogP contribution in [0.15, 0.2) is 18.2 Å². The maximum atomic E-state index is 7.62. The Morgan fingerprint density at radius 1 is 1.13 bits per heavy atom. The quantitative estimate of drug-likeness (QED) is 0.606. The summed E-state index contributed by atoms with van der Waals surface area (Å²) in [7, 11) is 0. The summed E-state index contributed by atoms with van der Waals surface area (Å²) in [6, 6.07) is 5.90. The van der Waals surface area contributed by atoms with Gasteiger partial charge in [-0.1, -0.05) is 18.2 Å². The number of aryl methyl sites for hydroxylation is 1. The standard InChI is InChI=1S/C12H17N2.Li/c1-10-5-6-11(13)9-12(10)14-7-3-2-4-8-14;/h5-6,9,13H,2-4,7-8H2,1H3;/q-1;+1. The second-order valence-electron chi connectivity index (χ2n) is 4.05. The number of rotatable bonds is 1. The van der Waals surface area contributed by atoms with Crippen molar-refractivity contribution in [1.29, 1.82) is 0 Å². The number of benzene rings is 1. The zero-order chi connectivity index (χ0) is 9.97. The van der Waals surface area contributed by atoms with Crippen LogP contribution in [0.3, 0.4) is 0 Å². The first-order valence-corrected chi connectivity index (χ1v) is 5.34. The van der Waals surface area contributed by atoms with Gasteiger partial charge in [-0.15, -0.1) is 5.69 Å².